The molecule has 4 aromatic carbocycles. The Morgan fingerprint density at radius 1 is 0.700 bits per heavy atom. The van der Waals surface area contributed by atoms with Crippen LogP contribution < -0.4 is 5.32 Å². The summed E-state index contributed by atoms with van der Waals surface area (Å²) in [6.07, 6.45) is 1.96. The van der Waals surface area contributed by atoms with Crippen molar-refractivity contribution in [1.29, 1.82) is 0 Å². The Balaban J connectivity index is 1.55. The molecule has 0 fully saturated rings. The third kappa shape index (κ3) is 3.68. The first-order valence-electron chi connectivity index (χ1n) is 9.83. The molecule has 0 aromatic heterocycles. The average Bonchev–Trinajstić information content (AvgIpc) is 3.09. The summed E-state index contributed by atoms with van der Waals surface area (Å²) in [4.78, 5) is 14.1. The fourth-order valence-corrected chi connectivity index (χ4v) is 4.67. The standard InChI is InChI=1S/C27H19NOS/c29-26-24(17-19-9-3-1-4-10-19)30-27(25(26)21-12-5-2-6-13-21)28-23-16-15-20-11-7-8-14-22(20)18-23/h1-18,28H/b24-17-. The van der Waals surface area contributed by atoms with Gasteiger partial charge in [-0.1, -0.05) is 103 Å². The van der Waals surface area contributed by atoms with Crippen molar-refractivity contribution < 1.29 is 4.79 Å². The molecule has 1 N–H and O–H groups in total. The Hall–Kier alpha value is -3.56. The molecule has 2 nitrogen and oxygen atoms in total. The summed E-state index contributed by atoms with van der Waals surface area (Å²) < 4.78 is 0. The molecule has 0 aliphatic carbocycles. The highest BCUT2D eigenvalue weighted by atomic mass is 32.2. The molecular formula is C27H19NOS. The van der Waals surface area contributed by atoms with E-state index in [0.29, 0.717) is 0 Å². The summed E-state index contributed by atoms with van der Waals surface area (Å²) in [5.41, 5.74) is 3.64. The molecule has 0 amide bonds. The number of carbonyl (C=O) groups excluding carboxylic acids is 1. The maximum atomic E-state index is 13.3. The van der Waals surface area contributed by atoms with E-state index in [4.69, 9.17) is 0 Å². The van der Waals surface area contributed by atoms with Gasteiger partial charge in [0.05, 0.1) is 15.5 Å². The SMILES string of the molecule is O=C1C(c2ccccc2)=C(Nc2ccc3ccccc3c2)S/C1=C\c1ccccc1. The first kappa shape index (κ1) is 18.5. The van der Waals surface area contributed by atoms with Gasteiger partial charge < -0.3 is 5.32 Å². The molecule has 0 saturated heterocycles. The number of hydrogen-bond donors (Lipinski definition) is 1. The van der Waals surface area contributed by atoms with Gasteiger partial charge in [0.1, 0.15) is 0 Å². The van der Waals surface area contributed by atoms with Crippen molar-refractivity contribution in [3.8, 4) is 0 Å². The molecule has 0 spiro atoms. The molecule has 0 bridgehead atoms. The molecule has 0 saturated carbocycles. The van der Waals surface area contributed by atoms with Gasteiger partial charge in [-0.15, -0.1) is 0 Å². The van der Waals surface area contributed by atoms with Gasteiger partial charge in [0, 0.05) is 5.69 Å². The van der Waals surface area contributed by atoms with E-state index in [1.807, 2.05) is 78.9 Å². The molecule has 0 unspecified atom stereocenters. The van der Waals surface area contributed by atoms with Crippen molar-refractivity contribution in [2.75, 3.05) is 5.32 Å². The summed E-state index contributed by atoms with van der Waals surface area (Å²) in [7, 11) is 0. The molecule has 30 heavy (non-hydrogen) atoms. The first-order chi connectivity index (χ1) is 14.8. The van der Waals surface area contributed by atoms with Crippen LogP contribution in [-0.4, -0.2) is 5.78 Å². The van der Waals surface area contributed by atoms with Crippen LogP contribution in [0.1, 0.15) is 11.1 Å². The molecule has 1 aliphatic rings. The van der Waals surface area contributed by atoms with Crippen LogP contribution in [0.15, 0.2) is 113 Å². The lowest BCUT2D eigenvalue weighted by atomic mass is 10.0. The molecule has 0 atom stereocenters. The van der Waals surface area contributed by atoms with Crippen LogP contribution in [0.3, 0.4) is 0 Å². The number of rotatable bonds is 4. The number of allylic oxidation sites excluding steroid dienone is 2. The first-order valence-corrected chi connectivity index (χ1v) is 10.6. The van der Waals surface area contributed by atoms with Crippen molar-refractivity contribution in [3.05, 3.63) is 124 Å². The van der Waals surface area contributed by atoms with Gasteiger partial charge in [-0.25, -0.2) is 0 Å². The van der Waals surface area contributed by atoms with Crippen LogP contribution in [0.2, 0.25) is 0 Å². The molecule has 4 aromatic rings. The zero-order valence-corrected chi connectivity index (χ0v) is 17.0. The monoisotopic (exact) mass is 405 g/mol. The fraction of sp³-hybridized carbons (Fsp3) is 0. The van der Waals surface area contributed by atoms with Crippen LogP contribution in [0.4, 0.5) is 5.69 Å². The van der Waals surface area contributed by atoms with Gasteiger partial charge in [0.25, 0.3) is 0 Å². The van der Waals surface area contributed by atoms with Crippen LogP contribution in [0.25, 0.3) is 22.4 Å². The maximum Gasteiger partial charge on any atom is 0.203 e. The van der Waals surface area contributed by atoms with Crippen LogP contribution in [0.5, 0.6) is 0 Å². The summed E-state index contributed by atoms with van der Waals surface area (Å²) in [6.45, 7) is 0. The highest BCUT2D eigenvalue weighted by Crippen LogP contribution is 2.44. The van der Waals surface area contributed by atoms with Crippen LogP contribution >= 0.6 is 11.8 Å². The van der Waals surface area contributed by atoms with E-state index in [1.165, 1.54) is 22.5 Å². The largest absolute Gasteiger partial charge is 0.349 e. The predicted octanol–water partition coefficient (Wildman–Crippen LogP) is 6.98. The van der Waals surface area contributed by atoms with Crippen molar-refractivity contribution in [3.63, 3.8) is 0 Å². The lowest BCUT2D eigenvalue weighted by Crippen LogP contribution is -2.01. The molecule has 5 rings (SSSR count). The third-order valence-electron chi connectivity index (χ3n) is 5.06. The van der Waals surface area contributed by atoms with E-state index in [0.717, 1.165) is 32.3 Å². The zero-order valence-electron chi connectivity index (χ0n) is 16.2. The highest BCUT2D eigenvalue weighted by Gasteiger charge is 2.30. The third-order valence-corrected chi connectivity index (χ3v) is 6.09. The van der Waals surface area contributed by atoms with Gasteiger partial charge in [-0.05, 0) is 40.1 Å². The number of ketones is 1. The summed E-state index contributed by atoms with van der Waals surface area (Å²) >= 11 is 1.50. The minimum Gasteiger partial charge on any atom is -0.349 e. The summed E-state index contributed by atoms with van der Waals surface area (Å²) in [5.74, 6) is 0.0540. The van der Waals surface area contributed by atoms with Gasteiger partial charge in [-0.2, -0.15) is 0 Å². The number of fused-ring (bicyclic) bond motifs is 1. The second kappa shape index (κ2) is 8.05. The maximum absolute atomic E-state index is 13.3. The van der Waals surface area contributed by atoms with Gasteiger partial charge in [0.15, 0.2) is 0 Å². The Morgan fingerprint density at radius 2 is 1.37 bits per heavy atom. The second-order valence-corrected chi connectivity index (χ2v) is 8.16. The number of Topliss-reactive ketones (excluding diaryl/α,β-unsaturated/α-hetero) is 1. The van der Waals surface area contributed by atoms with Crippen molar-refractivity contribution in [2.45, 2.75) is 0 Å². The lowest BCUT2D eigenvalue weighted by molar-refractivity contribution is -0.109. The molecule has 0 radical (unpaired) electrons. The summed E-state index contributed by atoms with van der Waals surface area (Å²) in [6, 6.07) is 34.4. The van der Waals surface area contributed by atoms with Crippen molar-refractivity contribution >= 4 is 45.7 Å². The van der Waals surface area contributed by atoms with E-state index < -0.39 is 0 Å². The van der Waals surface area contributed by atoms with Gasteiger partial charge in [-0.3, -0.25) is 4.79 Å². The normalized spacial score (nSPS) is 15.2. The number of anilines is 1. The molecule has 144 valence electrons. The van der Waals surface area contributed by atoms with Crippen molar-refractivity contribution in [1.82, 2.24) is 0 Å². The smallest absolute Gasteiger partial charge is 0.203 e. The lowest BCUT2D eigenvalue weighted by Gasteiger charge is -2.10. The van der Waals surface area contributed by atoms with E-state index in [-0.39, 0.29) is 5.78 Å². The predicted molar refractivity (Wildman–Crippen MR) is 128 cm³/mol. The minimum absolute atomic E-state index is 0.0540. The number of thioether (sulfide) groups is 1. The van der Waals surface area contributed by atoms with Gasteiger partial charge in [0.2, 0.25) is 5.78 Å². The molecule has 1 heterocycles. The van der Waals surface area contributed by atoms with E-state index in [1.54, 1.807) is 0 Å². The second-order valence-electron chi connectivity index (χ2n) is 7.11. The minimum atomic E-state index is 0.0540. The van der Waals surface area contributed by atoms with E-state index >= 15 is 0 Å². The Morgan fingerprint density at radius 3 is 2.13 bits per heavy atom. The topological polar surface area (TPSA) is 29.1 Å². The quantitative estimate of drug-likeness (QED) is 0.371. The number of nitrogens with one attached hydrogen (secondary N) is 1. The van der Waals surface area contributed by atoms with E-state index in [9.17, 15) is 4.79 Å². The number of hydrogen-bond acceptors (Lipinski definition) is 3. The molecule has 3 heteroatoms. The van der Waals surface area contributed by atoms with Crippen LogP contribution in [0, 0.1) is 0 Å². The molecular weight excluding hydrogens is 386 g/mol. The Labute approximate surface area is 180 Å². The number of carbonyl (C=O) groups is 1. The molecule has 1 aliphatic heterocycles. The van der Waals surface area contributed by atoms with E-state index in [2.05, 4.69) is 35.6 Å². The fourth-order valence-electron chi connectivity index (χ4n) is 3.58. The van der Waals surface area contributed by atoms with Crippen molar-refractivity contribution in [2.24, 2.45) is 0 Å². The van der Waals surface area contributed by atoms with Gasteiger partial charge >= 0.3 is 0 Å². The Kier molecular flexibility index (Phi) is 4.96. The number of benzene rings is 4. The van der Waals surface area contributed by atoms with Crippen LogP contribution in [-0.2, 0) is 4.79 Å². The zero-order chi connectivity index (χ0) is 20.3. The summed E-state index contributed by atoms with van der Waals surface area (Å²) in [5, 5.41) is 6.73. The Bertz CT molecular complexity index is 1290. The highest BCUT2D eigenvalue weighted by molar-refractivity contribution is 8.08. The average molecular weight is 406 g/mol.